The Hall–Kier alpha value is -4.98. The molecule has 38 heavy (non-hydrogen) atoms. The molecule has 6 rings (SSSR count). The van der Waals surface area contributed by atoms with Gasteiger partial charge in [-0.3, -0.25) is 24.6 Å². The van der Waals surface area contributed by atoms with Gasteiger partial charge in [-0.15, -0.1) is 0 Å². The lowest BCUT2D eigenvalue weighted by Crippen LogP contribution is -2.38. The van der Waals surface area contributed by atoms with Crippen molar-refractivity contribution in [2.24, 2.45) is 0 Å². The number of rotatable bonds is 4. The van der Waals surface area contributed by atoms with E-state index in [9.17, 15) is 19.7 Å². The van der Waals surface area contributed by atoms with E-state index in [1.54, 1.807) is 47.4 Å². The van der Waals surface area contributed by atoms with Gasteiger partial charge in [0.25, 0.3) is 11.6 Å². The zero-order valence-corrected chi connectivity index (χ0v) is 20.2. The minimum absolute atomic E-state index is 0.0120. The largest absolute Gasteiger partial charge is 0.467 e. The van der Waals surface area contributed by atoms with Crippen molar-refractivity contribution in [1.82, 2.24) is 0 Å². The number of hydrogen-bond donors (Lipinski definition) is 1. The summed E-state index contributed by atoms with van der Waals surface area (Å²) < 4.78 is 5.83. The van der Waals surface area contributed by atoms with Crippen LogP contribution in [0, 0.1) is 10.1 Å². The van der Waals surface area contributed by atoms with Crippen molar-refractivity contribution in [3.8, 4) is 0 Å². The normalized spacial score (nSPS) is 18.7. The number of para-hydroxylation sites is 2. The molecule has 2 aliphatic rings. The van der Waals surface area contributed by atoms with Crippen molar-refractivity contribution in [3.05, 3.63) is 136 Å². The molecule has 188 valence electrons. The molecule has 0 radical (unpaired) electrons. The first-order valence-electron chi connectivity index (χ1n) is 12.3. The van der Waals surface area contributed by atoms with Gasteiger partial charge in [-0.25, -0.2) is 0 Å². The van der Waals surface area contributed by atoms with Gasteiger partial charge < -0.3 is 9.73 Å². The maximum absolute atomic E-state index is 14.0. The third kappa shape index (κ3) is 4.06. The van der Waals surface area contributed by atoms with Gasteiger partial charge in [-0.1, -0.05) is 42.5 Å². The standard InChI is InChI=1S/C30H23N3O5/c34-26-18-21(20-10-6-11-22(16-20)33(36)37)17-24-28(26)29(27-14-7-15-38-27)32(25-13-5-4-12-23(25)31-24)30(35)19-8-2-1-3-9-19/h1-16,21,29,31H,17-18H2/t21-,29-/m0/s1. The van der Waals surface area contributed by atoms with E-state index in [1.807, 2.05) is 36.4 Å². The summed E-state index contributed by atoms with van der Waals surface area (Å²) in [7, 11) is 0. The number of fused-ring (bicyclic) bond motifs is 1. The number of nitrogens with one attached hydrogen (secondary N) is 1. The second kappa shape index (κ2) is 9.48. The lowest BCUT2D eigenvalue weighted by molar-refractivity contribution is -0.384. The van der Waals surface area contributed by atoms with Crippen molar-refractivity contribution >= 4 is 28.8 Å². The number of ketones is 1. The van der Waals surface area contributed by atoms with E-state index in [0.717, 1.165) is 5.56 Å². The summed E-state index contributed by atoms with van der Waals surface area (Å²) in [5, 5.41) is 14.8. The van der Waals surface area contributed by atoms with Gasteiger partial charge in [0.05, 0.1) is 22.6 Å². The highest BCUT2D eigenvalue weighted by atomic mass is 16.6. The highest BCUT2D eigenvalue weighted by Gasteiger charge is 2.43. The number of hydrogen-bond acceptors (Lipinski definition) is 6. The Balaban J connectivity index is 1.52. The summed E-state index contributed by atoms with van der Waals surface area (Å²) in [6.07, 6.45) is 2.13. The molecule has 0 unspecified atom stereocenters. The molecule has 4 aromatic rings. The van der Waals surface area contributed by atoms with Crippen molar-refractivity contribution in [2.45, 2.75) is 24.8 Å². The highest BCUT2D eigenvalue weighted by molar-refractivity contribution is 6.11. The third-order valence-corrected chi connectivity index (χ3v) is 7.09. The van der Waals surface area contributed by atoms with Gasteiger partial charge in [0.15, 0.2) is 5.78 Å². The summed E-state index contributed by atoms with van der Waals surface area (Å²) in [5.74, 6) is -0.184. The fourth-order valence-electron chi connectivity index (χ4n) is 5.38. The summed E-state index contributed by atoms with van der Waals surface area (Å²) in [5.41, 5.74) is 3.65. The Morgan fingerprint density at radius 3 is 2.50 bits per heavy atom. The lowest BCUT2D eigenvalue weighted by atomic mass is 9.79. The van der Waals surface area contributed by atoms with E-state index in [1.165, 1.54) is 18.4 Å². The molecule has 2 atom stereocenters. The quantitative estimate of drug-likeness (QED) is 0.254. The predicted molar refractivity (Wildman–Crippen MR) is 142 cm³/mol. The molecular weight excluding hydrogens is 482 g/mol. The maximum Gasteiger partial charge on any atom is 0.269 e. The Labute approximate surface area is 218 Å². The van der Waals surface area contributed by atoms with E-state index < -0.39 is 11.0 Å². The van der Waals surface area contributed by atoms with Crippen LogP contribution in [0.5, 0.6) is 0 Å². The molecule has 0 saturated heterocycles. The van der Waals surface area contributed by atoms with E-state index >= 15 is 0 Å². The van der Waals surface area contributed by atoms with Crippen LogP contribution in [0.4, 0.5) is 17.1 Å². The summed E-state index contributed by atoms with van der Waals surface area (Å²) in [6, 6.07) is 25.5. The molecule has 1 aliphatic heterocycles. The first-order chi connectivity index (χ1) is 18.5. The third-order valence-electron chi connectivity index (χ3n) is 7.09. The maximum atomic E-state index is 14.0. The molecule has 3 aromatic carbocycles. The number of carbonyl (C=O) groups excluding carboxylic acids is 2. The van der Waals surface area contributed by atoms with Crippen LogP contribution in [-0.2, 0) is 4.79 Å². The number of allylic oxidation sites excluding steroid dienone is 1. The number of carbonyl (C=O) groups is 2. The van der Waals surface area contributed by atoms with Crippen LogP contribution in [0.1, 0.15) is 46.5 Å². The second-order valence-corrected chi connectivity index (χ2v) is 9.37. The fraction of sp³-hybridized carbons (Fsp3) is 0.133. The Morgan fingerprint density at radius 1 is 0.947 bits per heavy atom. The summed E-state index contributed by atoms with van der Waals surface area (Å²) in [4.78, 5) is 40.6. The fourth-order valence-corrected chi connectivity index (χ4v) is 5.38. The van der Waals surface area contributed by atoms with Crippen LogP contribution in [0.2, 0.25) is 0 Å². The van der Waals surface area contributed by atoms with Gasteiger partial charge in [0, 0.05) is 35.4 Å². The van der Waals surface area contributed by atoms with E-state index in [0.29, 0.717) is 40.4 Å². The molecule has 2 heterocycles. The van der Waals surface area contributed by atoms with Crippen molar-refractivity contribution < 1.29 is 18.9 Å². The van der Waals surface area contributed by atoms with Crippen LogP contribution >= 0.6 is 0 Å². The molecule has 1 N–H and O–H groups in total. The van der Waals surface area contributed by atoms with Crippen molar-refractivity contribution in [2.75, 3.05) is 10.2 Å². The Morgan fingerprint density at radius 2 is 1.74 bits per heavy atom. The summed E-state index contributed by atoms with van der Waals surface area (Å²) in [6.45, 7) is 0. The SMILES string of the molecule is O=C1C[C@@H](c2cccc([N+](=O)[O-])c2)CC2=C1[C@H](c1ccco1)N(C(=O)c1ccccc1)c1ccccc1N2. The molecule has 1 aromatic heterocycles. The molecule has 0 spiro atoms. The zero-order valence-electron chi connectivity index (χ0n) is 20.2. The molecule has 1 amide bonds. The molecule has 0 fully saturated rings. The van der Waals surface area contributed by atoms with Crippen molar-refractivity contribution in [3.63, 3.8) is 0 Å². The Kier molecular flexibility index (Phi) is 5.84. The smallest absolute Gasteiger partial charge is 0.269 e. The number of nitro groups is 1. The second-order valence-electron chi connectivity index (χ2n) is 9.37. The molecular formula is C30H23N3O5. The van der Waals surface area contributed by atoms with E-state index in [2.05, 4.69) is 5.32 Å². The number of anilines is 2. The monoisotopic (exact) mass is 505 g/mol. The molecule has 1 aliphatic carbocycles. The van der Waals surface area contributed by atoms with Gasteiger partial charge in [-0.2, -0.15) is 0 Å². The van der Waals surface area contributed by atoms with Crippen molar-refractivity contribution in [1.29, 1.82) is 0 Å². The van der Waals surface area contributed by atoms with Crippen LogP contribution in [0.25, 0.3) is 0 Å². The summed E-state index contributed by atoms with van der Waals surface area (Å²) >= 11 is 0. The topological polar surface area (TPSA) is 106 Å². The number of amides is 1. The minimum atomic E-state index is -0.789. The number of nitrogens with zero attached hydrogens (tertiary/aromatic N) is 2. The zero-order chi connectivity index (χ0) is 26.2. The number of nitro benzene ring substituents is 1. The predicted octanol–water partition coefficient (Wildman–Crippen LogP) is 6.40. The minimum Gasteiger partial charge on any atom is -0.467 e. The van der Waals surface area contributed by atoms with Gasteiger partial charge in [0.2, 0.25) is 0 Å². The lowest BCUT2D eigenvalue weighted by Gasteiger charge is -2.33. The van der Waals surface area contributed by atoms with Crippen LogP contribution in [0.3, 0.4) is 0 Å². The van der Waals surface area contributed by atoms with Crippen LogP contribution in [0.15, 0.2) is 113 Å². The highest BCUT2D eigenvalue weighted by Crippen LogP contribution is 2.48. The number of furan rings is 1. The van der Waals surface area contributed by atoms with E-state index in [4.69, 9.17) is 4.42 Å². The number of non-ortho nitro benzene ring substituents is 1. The van der Waals surface area contributed by atoms with Gasteiger partial charge in [0.1, 0.15) is 11.8 Å². The van der Waals surface area contributed by atoms with Crippen LogP contribution < -0.4 is 10.2 Å². The van der Waals surface area contributed by atoms with E-state index in [-0.39, 0.29) is 29.7 Å². The van der Waals surface area contributed by atoms with Gasteiger partial charge in [-0.05, 0) is 54.3 Å². The first kappa shape index (κ1) is 23.4. The van der Waals surface area contributed by atoms with Gasteiger partial charge >= 0.3 is 0 Å². The molecule has 0 saturated carbocycles. The average molecular weight is 506 g/mol. The Bertz CT molecular complexity index is 1580. The molecule has 8 nitrogen and oxygen atoms in total. The molecule has 0 bridgehead atoms. The number of Topliss-reactive ketones (excluding diaryl/α,β-unsaturated/α-hetero) is 1. The average Bonchev–Trinajstić information content (AvgIpc) is 3.43. The first-order valence-corrected chi connectivity index (χ1v) is 12.3. The number of benzene rings is 3. The van der Waals surface area contributed by atoms with Crippen LogP contribution in [-0.4, -0.2) is 16.6 Å². The molecule has 8 heteroatoms.